The zero-order chi connectivity index (χ0) is 42.3. The number of fused-ring (bicyclic) bond motifs is 1. The minimum Gasteiger partial charge on any atom is -0.508 e. The van der Waals surface area contributed by atoms with E-state index in [9.17, 15) is 48.9 Å². The molecule has 20 heteroatoms. The van der Waals surface area contributed by atoms with Crippen molar-refractivity contribution in [2.45, 2.75) is 75.7 Å². The molecule has 7 atom stereocenters. The largest absolute Gasteiger partial charge is 0.508 e. The van der Waals surface area contributed by atoms with E-state index in [2.05, 4.69) is 31.2 Å². The summed E-state index contributed by atoms with van der Waals surface area (Å²) >= 11 is 0. The lowest BCUT2D eigenvalue weighted by atomic mass is 10.0. The van der Waals surface area contributed by atoms with Gasteiger partial charge in [0.1, 0.15) is 35.7 Å². The predicted molar refractivity (Wildman–Crippen MR) is 207 cm³/mol. The Bertz CT molecular complexity index is 2320. The predicted octanol–water partition coefficient (Wildman–Crippen LogP) is -0.754. The number of amides is 5. The summed E-state index contributed by atoms with van der Waals surface area (Å²) in [5, 5.41) is 40.8. The fourth-order valence-electron chi connectivity index (χ4n) is 6.37. The quantitative estimate of drug-likeness (QED) is 0.0710. The molecule has 5 amide bonds. The second kappa shape index (κ2) is 18.3. The normalized spacial score (nSPS) is 18.3. The summed E-state index contributed by atoms with van der Waals surface area (Å²) in [6.07, 6.45) is 1.22. The number of carbonyl (C=O) groups is 5. The van der Waals surface area contributed by atoms with Crippen LogP contribution in [0, 0.1) is 0 Å². The number of urea groups is 1. The number of rotatable bonds is 15. The van der Waals surface area contributed by atoms with Gasteiger partial charge in [0.15, 0.2) is 0 Å². The smallest absolute Gasteiger partial charge is 0.331 e. The number of nitrogens with one attached hydrogen (secondary N) is 6. The third kappa shape index (κ3) is 10.3. The van der Waals surface area contributed by atoms with E-state index >= 15 is 0 Å². The molecule has 0 saturated carbocycles. The number of hydrogen-bond acceptors (Lipinski definition) is 11. The number of aromatic amines is 2. The van der Waals surface area contributed by atoms with E-state index in [0.717, 1.165) is 38.8 Å². The molecule has 58 heavy (non-hydrogen) atoms. The number of para-hydroxylation sites is 1. The van der Waals surface area contributed by atoms with Crippen molar-refractivity contribution in [2.24, 2.45) is 5.73 Å². The van der Waals surface area contributed by atoms with E-state index in [1.54, 1.807) is 24.4 Å². The third-order valence-corrected chi connectivity index (χ3v) is 9.66. The number of H-pyrrole nitrogens is 2. The number of aliphatic carboxylic acids is 1. The monoisotopic (exact) mass is 803 g/mol. The maximum Gasteiger partial charge on any atom is 0.331 e. The van der Waals surface area contributed by atoms with Crippen LogP contribution in [-0.2, 0) is 36.8 Å². The first-order valence-electron chi connectivity index (χ1n) is 18.1. The lowest BCUT2D eigenvalue weighted by molar-refractivity contribution is -0.139. The van der Waals surface area contributed by atoms with Crippen LogP contribution in [0.4, 0.5) is 4.79 Å². The van der Waals surface area contributed by atoms with Gasteiger partial charge in [-0.2, -0.15) is 0 Å². The maximum atomic E-state index is 13.8. The van der Waals surface area contributed by atoms with Crippen LogP contribution in [-0.4, -0.2) is 108 Å². The second-order valence-corrected chi connectivity index (χ2v) is 13.9. The van der Waals surface area contributed by atoms with Crippen LogP contribution in [0.15, 0.2) is 88.5 Å². The number of likely N-dealkylation sites (N-methyl/N-ethyl adjacent to an activating group) is 1. The molecule has 0 aliphatic carbocycles. The first-order valence-corrected chi connectivity index (χ1v) is 18.1. The summed E-state index contributed by atoms with van der Waals surface area (Å²) in [6.45, 7) is 2.77. The highest BCUT2D eigenvalue weighted by atomic mass is 16.5. The summed E-state index contributed by atoms with van der Waals surface area (Å²) in [5.41, 5.74) is 6.74. The van der Waals surface area contributed by atoms with Gasteiger partial charge in [-0.25, -0.2) is 14.4 Å². The molecule has 7 unspecified atom stereocenters. The standard InChI is InChI=1S/C38H45N9O11/c1-19(42-37(56)43-28(36(54)55)15-22-17-40-27-10-5-4-9-25(22)27)32(51)45-31(20(2)46(3)34(53)26(39)14-21-7-6-8-23(48)13-21)33(52)41-18-24-16-29(49)35(58-24)47-12-11-30(50)44-38(47)57/h4-13,17-20,26,28-29,31,35,40,48-49H,14-16,39H2,1-3H3,(H,41,52)(H,45,51)(H,54,55)(H2,42,43,56)(H,44,50,57)/b24-18-. The van der Waals surface area contributed by atoms with Gasteiger partial charge in [-0.15, -0.1) is 0 Å². The van der Waals surface area contributed by atoms with Gasteiger partial charge in [0.25, 0.3) is 5.56 Å². The molecule has 5 rings (SSSR count). The molecular weight excluding hydrogens is 758 g/mol. The summed E-state index contributed by atoms with van der Waals surface area (Å²) in [5.74, 6) is -3.66. The van der Waals surface area contributed by atoms with E-state index in [0.29, 0.717) is 11.1 Å². The van der Waals surface area contributed by atoms with Crippen molar-refractivity contribution in [3.8, 4) is 5.75 Å². The van der Waals surface area contributed by atoms with Crippen molar-refractivity contribution in [2.75, 3.05) is 7.05 Å². The van der Waals surface area contributed by atoms with Crippen LogP contribution in [0.5, 0.6) is 5.75 Å². The van der Waals surface area contributed by atoms with Crippen LogP contribution in [0.1, 0.15) is 37.6 Å². The number of hydrogen-bond donors (Lipinski definition) is 10. The van der Waals surface area contributed by atoms with E-state index in [1.807, 2.05) is 18.2 Å². The minimum absolute atomic E-state index is 0.0209. The van der Waals surface area contributed by atoms with Crippen LogP contribution in [0.3, 0.4) is 0 Å². The zero-order valence-corrected chi connectivity index (χ0v) is 31.7. The Morgan fingerprint density at radius 3 is 2.47 bits per heavy atom. The van der Waals surface area contributed by atoms with Crippen molar-refractivity contribution in [1.82, 2.24) is 40.7 Å². The van der Waals surface area contributed by atoms with E-state index in [1.165, 1.54) is 33.0 Å². The number of aromatic hydroxyl groups is 1. The SMILES string of the molecule is CC(NC(=O)NC(Cc1c[nH]c2ccccc12)C(=O)O)C(=O)NC(C(=O)N/C=C1/CC(O)C(n2ccc(=O)[nH]c2=O)O1)C(C)N(C)C(=O)C(N)Cc1cccc(O)c1. The number of nitrogens with two attached hydrogens (primary N) is 1. The average molecular weight is 804 g/mol. The van der Waals surface area contributed by atoms with Gasteiger partial charge < -0.3 is 56.9 Å². The molecule has 0 bridgehead atoms. The molecule has 0 radical (unpaired) electrons. The Labute approximate surface area is 330 Å². The molecule has 2 aromatic carbocycles. The van der Waals surface area contributed by atoms with Crippen molar-refractivity contribution >= 4 is 40.6 Å². The summed E-state index contributed by atoms with van der Waals surface area (Å²) < 4.78 is 6.64. The van der Waals surface area contributed by atoms with Gasteiger partial charge in [-0.05, 0) is 49.6 Å². The maximum absolute atomic E-state index is 13.8. The number of carboxylic acid groups (broad SMARTS) is 1. The van der Waals surface area contributed by atoms with E-state index < -0.39 is 83.5 Å². The number of nitrogens with zero attached hydrogens (tertiary/aromatic N) is 2. The van der Waals surface area contributed by atoms with Gasteiger partial charge in [-0.1, -0.05) is 30.3 Å². The van der Waals surface area contributed by atoms with Gasteiger partial charge >= 0.3 is 17.7 Å². The number of benzene rings is 2. The Hall–Kier alpha value is -6.93. The highest BCUT2D eigenvalue weighted by Crippen LogP contribution is 2.30. The number of carboxylic acids is 1. The number of ether oxygens (including phenoxy) is 1. The Morgan fingerprint density at radius 1 is 1.02 bits per heavy atom. The highest BCUT2D eigenvalue weighted by molar-refractivity contribution is 5.94. The summed E-state index contributed by atoms with van der Waals surface area (Å²) in [4.78, 5) is 96.0. The number of aromatic nitrogens is 3. The second-order valence-electron chi connectivity index (χ2n) is 13.9. The molecule has 3 heterocycles. The number of aliphatic hydroxyl groups is 1. The molecule has 1 saturated heterocycles. The Balaban J connectivity index is 1.29. The molecule has 1 aliphatic heterocycles. The number of phenols is 1. The first-order chi connectivity index (χ1) is 27.5. The van der Waals surface area contributed by atoms with Crippen molar-refractivity contribution in [3.05, 3.63) is 111 Å². The molecule has 11 N–H and O–H groups in total. The summed E-state index contributed by atoms with van der Waals surface area (Å²) in [7, 11) is 1.37. The van der Waals surface area contributed by atoms with Crippen LogP contribution in [0.2, 0.25) is 0 Å². The van der Waals surface area contributed by atoms with Gasteiger partial charge in [0, 0.05) is 55.5 Å². The molecule has 1 fully saturated rings. The van der Waals surface area contributed by atoms with E-state index in [-0.39, 0.29) is 30.8 Å². The first kappa shape index (κ1) is 42.2. The lowest BCUT2D eigenvalue weighted by Crippen LogP contribution is -2.61. The molecule has 1 aliphatic rings. The van der Waals surface area contributed by atoms with Gasteiger partial charge in [-0.3, -0.25) is 28.7 Å². The molecule has 0 spiro atoms. The third-order valence-electron chi connectivity index (χ3n) is 9.66. The zero-order valence-electron chi connectivity index (χ0n) is 31.7. The molecule has 20 nitrogen and oxygen atoms in total. The van der Waals surface area contributed by atoms with Crippen LogP contribution < -0.4 is 38.2 Å². The van der Waals surface area contributed by atoms with Crippen molar-refractivity contribution in [3.63, 3.8) is 0 Å². The fraction of sp³-hybridized carbons (Fsp3) is 0.342. The van der Waals surface area contributed by atoms with Gasteiger partial charge in [0.05, 0.1) is 12.1 Å². The number of aliphatic hydroxyl groups excluding tert-OH is 1. The summed E-state index contributed by atoms with van der Waals surface area (Å²) in [6, 6.07) is 7.10. The van der Waals surface area contributed by atoms with E-state index in [4.69, 9.17) is 10.5 Å². The van der Waals surface area contributed by atoms with Crippen molar-refractivity contribution in [1.29, 1.82) is 0 Å². The van der Waals surface area contributed by atoms with Crippen LogP contribution >= 0.6 is 0 Å². The van der Waals surface area contributed by atoms with Gasteiger partial charge in [0.2, 0.25) is 23.9 Å². The topological polar surface area (TPSA) is 303 Å². The Kier molecular flexibility index (Phi) is 13.4. The minimum atomic E-state index is -1.50. The number of phenolic OH excluding ortho intramolecular Hbond substituents is 1. The molecule has 2 aromatic heterocycles. The molecular formula is C38H45N9O11. The molecule has 4 aromatic rings. The lowest BCUT2D eigenvalue weighted by Gasteiger charge is -2.33. The van der Waals surface area contributed by atoms with Crippen molar-refractivity contribution < 1.29 is 44.0 Å². The van der Waals surface area contributed by atoms with Crippen LogP contribution in [0.25, 0.3) is 10.9 Å². The molecule has 308 valence electrons. The highest BCUT2D eigenvalue weighted by Gasteiger charge is 2.36. The average Bonchev–Trinajstić information content (AvgIpc) is 3.76. The Morgan fingerprint density at radius 2 is 1.76 bits per heavy atom. The number of carbonyl (C=O) groups excluding carboxylic acids is 4. The fourth-order valence-corrected chi connectivity index (χ4v) is 6.37.